The third-order valence-corrected chi connectivity index (χ3v) is 6.31. The Balaban J connectivity index is 1.96. The number of rotatable bonds is 7. The number of pyridine rings is 1. The molecule has 0 spiro atoms. The first-order valence-corrected chi connectivity index (χ1v) is 11.7. The first-order valence-electron chi connectivity index (χ1n) is 10.2. The van der Waals surface area contributed by atoms with Crippen LogP contribution in [0.1, 0.15) is 37.3 Å². The average molecular weight is 438 g/mol. The minimum Gasteiger partial charge on any atom is -0.422 e. The zero-order chi connectivity index (χ0) is 22.0. The van der Waals surface area contributed by atoms with Crippen LogP contribution in [0.4, 0.5) is 0 Å². The van der Waals surface area contributed by atoms with Gasteiger partial charge in [0.2, 0.25) is 0 Å². The highest BCUT2D eigenvalue weighted by atomic mass is 32.2. The minimum absolute atomic E-state index is 0.133. The molecule has 2 heterocycles. The van der Waals surface area contributed by atoms with E-state index < -0.39 is 15.7 Å². The van der Waals surface area contributed by atoms with Crippen LogP contribution in [0.15, 0.2) is 69.0 Å². The Hall–Kier alpha value is -3.19. The summed E-state index contributed by atoms with van der Waals surface area (Å²) in [5, 5.41) is 1.24. The first kappa shape index (κ1) is 21.1. The lowest BCUT2D eigenvalue weighted by Gasteiger charge is -2.13. The van der Waals surface area contributed by atoms with E-state index in [4.69, 9.17) is 8.60 Å². The van der Waals surface area contributed by atoms with Gasteiger partial charge in [-0.15, -0.1) is 0 Å². The summed E-state index contributed by atoms with van der Waals surface area (Å²) >= 11 is 0. The molecule has 31 heavy (non-hydrogen) atoms. The maximum atomic E-state index is 12.9. The van der Waals surface area contributed by atoms with Gasteiger partial charge in [0.25, 0.3) is 0 Å². The lowest BCUT2D eigenvalue weighted by molar-refractivity contribution is 0.484. The van der Waals surface area contributed by atoms with E-state index in [-0.39, 0.29) is 10.8 Å². The predicted octanol–water partition coefficient (Wildman–Crippen LogP) is 5.15. The molecule has 0 bridgehead atoms. The molecular formula is C24H23NO5S. The zero-order valence-corrected chi connectivity index (χ0v) is 18.2. The molecule has 160 valence electrons. The van der Waals surface area contributed by atoms with Gasteiger partial charge in [-0.25, -0.2) is 9.78 Å². The third kappa shape index (κ3) is 4.32. The number of aryl methyl sites for hydroxylation is 2. The summed E-state index contributed by atoms with van der Waals surface area (Å²) in [5.41, 5.74) is 1.63. The van der Waals surface area contributed by atoms with Gasteiger partial charge in [-0.3, -0.25) is 0 Å². The normalized spacial score (nSPS) is 11.8. The number of aromatic nitrogens is 1. The highest BCUT2D eigenvalue weighted by Gasteiger charge is 2.22. The van der Waals surface area contributed by atoms with Crippen molar-refractivity contribution < 1.29 is 17.0 Å². The molecule has 2 aromatic heterocycles. The topological polar surface area (TPSA) is 86.5 Å². The fourth-order valence-electron chi connectivity index (χ4n) is 3.63. The van der Waals surface area contributed by atoms with Crippen molar-refractivity contribution >= 4 is 31.9 Å². The van der Waals surface area contributed by atoms with Gasteiger partial charge in [0, 0.05) is 11.6 Å². The second-order valence-electron chi connectivity index (χ2n) is 7.57. The second kappa shape index (κ2) is 8.51. The smallest absolute Gasteiger partial charge is 0.356 e. The molecule has 0 N–H and O–H groups in total. The molecule has 0 atom stereocenters. The Labute approximate surface area is 180 Å². The first-order chi connectivity index (χ1) is 14.9. The molecule has 7 heteroatoms. The Morgan fingerprint density at radius 1 is 1.03 bits per heavy atom. The van der Waals surface area contributed by atoms with Crippen molar-refractivity contribution in [2.45, 2.75) is 44.6 Å². The molecule has 0 unspecified atom stereocenters. The molecule has 0 saturated carbocycles. The standard InChI is InChI=1S/C24H23NO5S/c1-3-4-5-8-17-14-20-23(19-13-16(2)10-11-18(19)24(26)29-20)21(15-17)30-31(27,28)22-9-6-7-12-25-22/h6-7,9-15H,3-5,8H2,1-2H3. The van der Waals surface area contributed by atoms with Crippen molar-refractivity contribution in [3.63, 3.8) is 0 Å². The Kier molecular flexibility index (Phi) is 5.78. The van der Waals surface area contributed by atoms with E-state index >= 15 is 0 Å². The number of hydrogen-bond donors (Lipinski definition) is 0. The maximum Gasteiger partial charge on any atom is 0.356 e. The van der Waals surface area contributed by atoms with Crippen LogP contribution in [0.2, 0.25) is 0 Å². The largest absolute Gasteiger partial charge is 0.422 e. The predicted molar refractivity (Wildman–Crippen MR) is 120 cm³/mol. The summed E-state index contributed by atoms with van der Waals surface area (Å²) in [4.78, 5) is 16.5. The molecule has 0 saturated heterocycles. The number of unbranched alkanes of at least 4 members (excludes halogenated alkanes) is 2. The Morgan fingerprint density at radius 3 is 2.61 bits per heavy atom. The van der Waals surface area contributed by atoms with Gasteiger partial charge >= 0.3 is 15.7 Å². The van der Waals surface area contributed by atoms with Crippen LogP contribution in [0.3, 0.4) is 0 Å². The van der Waals surface area contributed by atoms with Crippen LogP contribution in [0.5, 0.6) is 5.75 Å². The van der Waals surface area contributed by atoms with Crippen LogP contribution in [0, 0.1) is 6.92 Å². The Morgan fingerprint density at radius 2 is 1.87 bits per heavy atom. The summed E-state index contributed by atoms with van der Waals surface area (Å²) < 4.78 is 37.0. The van der Waals surface area contributed by atoms with E-state index in [1.807, 2.05) is 19.1 Å². The summed E-state index contributed by atoms with van der Waals surface area (Å²) in [6.45, 7) is 4.02. The highest BCUT2D eigenvalue weighted by molar-refractivity contribution is 7.87. The van der Waals surface area contributed by atoms with E-state index in [0.29, 0.717) is 21.7 Å². The molecule has 6 nitrogen and oxygen atoms in total. The summed E-state index contributed by atoms with van der Waals surface area (Å²) in [6, 6.07) is 13.5. The SMILES string of the molecule is CCCCCc1cc(OS(=O)(=O)c2ccccn2)c2c(c1)oc(=O)c1ccc(C)cc12. The molecule has 0 aliphatic heterocycles. The molecule has 4 rings (SSSR count). The monoisotopic (exact) mass is 437 g/mol. The molecule has 4 aromatic rings. The van der Waals surface area contributed by atoms with Gasteiger partial charge in [-0.1, -0.05) is 43.5 Å². The van der Waals surface area contributed by atoms with E-state index in [1.54, 1.807) is 30.3 Å². The van der Waals surface area contributed by atoms with Crippen LogP contribution >= 0.6 is 0 Å². The van der Waals surface area contributed by atoms with Gasteiger partial charge in [0.05, 0.1) is 10.8 Å². The third-order valence-electron chi connectivity index (χ3n) is 5.16. The maximum absolute atomic E-state index is 12.9. The highest BCUT2D eigenvalue weighted by Crippen LogP contribution is 2.35. The van der Waals surface area contributed by atoms with Crippen molar-refractivity contribution in [2.24, 2.45) is 0 Å². The zero-order valence-electron chi connectivity index (χ0n) is 17.4. The fraction of sp³-hybridized carbons (Fsp3) is 0.250. The van der Waals surface area contributed by atoms with Crippen LogP contribution < -0.4 is 9.81 Å². The van der Waals surface area contributed by atoms with Gasteiger partial charge in [-0.2, -0.15) is 8.42 Å². The van der Waals surface area contributed by atoms with Crippen molar-refractivity contribution in [1.29, 1.82) is 0 Å². The van der Waals surface area contributed by atoms with Gasteiger partial charge in [-0.05, 0) is 55.7 Å². The van der Waals surface area contributed by atoms with Gasteiger partial charge in [0.1, 0.15) is 5.58 Å². The lowest BCUT2D eigenvalue weighted by Crippen LogP contribution is -2.12. The molecule has 0 amide bonds. The molecule has 0 aliphatic carbocycles. The number of fused-ring (bicyclic) bond motifs is 3. The van der Waals surface area contributed by atoms with Gasteiger partial charge < -0.3 is 8.60 Å². The van der Waals surface area contributed by atoms with Crippen molar-refractivity contribution in [3.05, 3.63) is 76.3 Å². The van der Waals surface area contributed by atoms with Crippen LogP contribution in [-0.4, -0.2) is 13.4 Å². The van der Waals surface area contributed by atoms with Crippen molar-refractivity contribution in [3.8, 4) is 5.75 Å². The van der Waals surface area contributed by atoms with E-state index in [2.05, 4.69) is 11.9 Å². The average Bonchev–Trinajstić information content (AvgIpc) is 2.74. The molecule has 2 aromatic carbocycles. The van der Waals surface area contributed by atoms with E-state index in [0.717, 1.165) is 36.8 Å². The van der Waals surface area contributed by atoms with E-state index in [9.17, 15) is 13.2 Å². The minimum atomic E-state index is -4.17. The quantitative estimate of drug-likeness (QED) is 0.172. The van der Waals surface area contributed by atoms with Gasteiger partial charge in [0.15, 0.2) is 10.8 Å². The van der Waals surface area contributed by atoms with Crippen molar-refractivity contribution in [2.75, 3.05) is 0 Å². The number of nitrogens with zero attached hydrogens (tertiary/aromatic N) is 1. The fourth-order valence-corrected chi connectivity index (χ4v) is 4.52. The van der Waals surface area contributed by atoms with Crippen LogP contribution in [-0.2, 0) is 16.5 Å². The summed E-state index contributed by atoms with van der Waals surface area (Å²) in [6.07, 6.45) is 5.16. The molecule has 0 aliphatic rings. The number of benzene rings is 2. The molecule has 0 radical (unpaired) electrons. The number of hydrogen-bond acceptors (Lipinski definition) is 6. The van der Waals surface area contributed by atoms with Crippen LogP contribution in [0.25, 0.3) is 21.7 Å². The molecular weight excluding hydrogens is 414 g/mol. The lowest BCUT2D eigenvalue weighted by atomic mass is 10.0. The Bertz CT molecular complexity index is 1410. The second-order valence-corrected chi connectivity index (χ2v) is 9.06. The summed E-state index contributed by atoms with van der Waals surface area (Å²) in [5.74, 6) is 0.133. The molecule has 0 fully saturated rings. The summed E-state index contributed by atoms with van der Waals surface area (Å²) in [7, 11) is -4.17. The van der Waals surface area contributed by atoms with Crippen molar-refractivity contribution in [1.82, 2.24) is 4.98 Å². The van der Waals surface area contributed by atoms with E-state index in [1.165, 1.54) is 12.3 Å².